The average Bonchev–Trinajstić information content (AvgIpc) is 3.14. The normalized spacial score (nSPS) is 20.7. The summed E-state index contributed by atoms with van der Waals surface area (Å²) < 4.78 is 28.5. The number of carboxylic acid groups (broad SMARTS) is 1. The number of hydrogen-bond acceptors (Lipinski definition) is 5. The first-order valence-electron chi connectivity index (χ1n) is 8.57. The van der Waals surface area contributed by atoms with Gasteiger partial charge in [0, 0.05) is 19.2 Å². The lowest BCUT2D eigenvalue weighted by Gasteiger charge is -2.39. The molecule has 1 aliphatic rings. The molecule has 0 aliphatic carbocycles. The molecule has 0 radical (unpaired) electrons. The van der Waals surface area contributed by atoms with Crippen molar-refractivity contribution >= 4 is 33.7 Å². The largest absolute Gasteiger partial charge is 0.479 e. The molecule has 2 unspecified atom stereocenters. The van der Waals surface area contributed by atoms with Crippen LogP contribution in [0.3, 0.4) is 0 Å². The number of rotatable bonds is 6. The van der Waals surface area contributed by atoms with Crippen LogP contribution < -0.4 is 4.72 Å². The molecule has 28 heavy (non-hydrogen) atoms. The lowest BCUT2D eigenvalue weighted by Crippen LogP contribution is -2.58. The van der Waals surface area contributed by atoms with Gasteiger partial charge < -0.3 is 10.0 Å². The monoisotopic (exact) mass is 420 g/mol. The van der Waals surface area contributed by atoms with Gasteiger partial charge in [0.1, 0.15) is 0 Å². The molecule has 0 bridgehead atoms. The predicted octanol–water partition coefficient (Wildman–Crippen LogP) is 2.08. The van der Waals surface area contributed by atoms with E-state index < -0.39 is 32.8 Å². The molecule has 1 amide bonds. The predicted molar refractivity (Wildman–Crippen MR) is 106 cm³/mol. The maximum absolute atomic E-state index is 13.0. The van der Waals surface area contributed by atoms with E-state index in [0.717, 1.165) is 11.8 Å². The number of hydrogen-bond donors (Lipinski definition) is 2. The van der Waals surface area contributed by atoms with E-state index in [2.05, 4.69) is 4.72 Å². The van der Waals surface area contributed by atoms with Crippen molar-refractivity contribution in [2.45, 2.75) is 22.7 Å². The SMILES string of the molecule is CC(=O)N1CCSC1(C(=O)O)C(NS(=O)(=O)c1ccccc1)c1ccccc1. The molecule has 2 atom stereocenters. The average molecular weight is 421 g/mol. The Kier molecular flexibility index (Phi) is 5.78. The summed E-state index contributed by atoms with van der Waals surface area (Å²) in [5, 5.41) is 10.1. The fourth-order valence-corrected chi connectivity index (χ4v) is 6.10. The first-order chi connectivity index (χ1) is 13.3. The summed E-state index contributed by atoms with van der Waals surface area (Å²) >= 11 is 1.05. The van der Waals surface area contributed by atoms with E-state index in [-0.39, 0.29) is 11.4 Å². The van der Waals surface area contributed by atoms with Crippen LogP contribution >= 0.6 is 11.8 Å². The third-order valence-electron chi connectivity index (χ3n) is 4.58. The number of sulfonamides is 1. The quantitative estimate of drug-likeness (QED) is 0.742. The zero-order chi connectivity index (χ0) is 20.4. The van der Waals surface area contributed by atoms with Crippen LogP contribution in [0.4, 0.5) is 0 Å². The summed E-state index contributed by atoms with van der Waals surface area (Å²) in [6.45, 7) is 1.51. The van der Waals surface area contributed by atoms with Crippen molar-refractivity contribution in [1.82, 2.24) is 9.62 Å². The van der Waals surface area contributed by atoms with E-state index in [1.165, 1.54) is 24.0 Å². The van der Waals surface area contributed by atoms with Gasteiger partial charge in [-0.1, -0.05) is 48.5 Å². The Hall–Kier alpha value is -2.36. The fourth-order valence-electron chi connectivity index (χ4n) is 3.31. The molecule has 0 saturated carbocycles. The minimum absolute atomic E-state index is 0.0221. The highest BCUT2D eigenvalue weighted by Crippen LogP contribution is 2.46. The molecule has 1 aliphatic heterocycles. The number of nitrogens with zero attached hydrogens (tertiary/aromatic N) is 1. The fraction of sp³-hybridized carbons (Fsp3) is 0.263. The Bertz CT molecular complexity index is 966. The highest BCUT2D eigenvalue weighted by molar-refractivity contribution is 8.01. The van der Waals surface area contributed by atoms with Crippen molar-refractivity contribution in [3.8, 4) is 0 Å². The zero-order valence-electron chi connectivity index (χ0n) is 15.1. The molecular weight excluding hydrogens is 400 g/mol. The van der Waals surface area contributed by atoms with Crippen LogP contribution in [0.5, 0.6) is 0 Å². The van der Waals surface area contributed by atoms with Gasteiger partial charge in [-0.05, 0) is 17.7 Å². The molecule has 0 aromatic heterocycles. The van der Waals surface area contributed by atoms with Crippen LogP contribution in [0.25, 0.3) is 0 Å². The van der Waals surface area contributed by atoms with Gasteiger partial charge in [-0.25, -0.2) is 13.2 Å². The van der Waals surface area contributed by atoms with Crippen molar-refractivity contribution in [2.24, 2.45) is 0 Å². The van der Waals surface area contributed by atoms with Crippen LogP contribution in [0, 0.1) is 0 Å². The van der Waals surface area contributed by atoms with Crippen LogP contribution in [0.15, 0.2) is 65.6 Å². The number of aliphatic carboxylic acids is 1. The van der Waals surface area contributed by atoms with Gasteiger partial charge in [0.2, 0.25) is 20.8 Å². The highest BCUT2D eigenvalue weighted by Gasteiger charge is 2.57. The summed E-state index contributed by atoms with van der Waals surface area (Å²) in [6.07, 6.45) is 0. The number of carbonyl (C=O) groups excluding carboxylic acids is 1. The number of nitrogens with one attached hydrogen (secondary N) is 1. The Morgan fingerprint density at radius 3 is 2.21 bits per heavy atom. The number of thioether (sulfide) groups is 1. The summed E-state index contributed by atoms with van der Waals surface area (Å²) in [7, 11) is -4.03. The van der Waals surface area contributed by atoms with Gasteiger partial charge in [-0.2, -0.15) is 4.72 Å². The molecule has 148 valence electrons. The van der Waals surface area contributed by atoms with Crippen LogP contribution in [-0.4, -0.2) is 47.5 Å². The zero-order valence-corrected chi connectivity index (χ0v) is 16.7. The van der Waals surface area contributed by atoms with Crippen molar-refractivity contribution < 1.29 is 23.1 Å². The number of carbonyl (C=O) groups is 2. The molecule has 2 N–H and O–H groups in total. The third-order valence-corrected chi connectivity index (χ3v) is 7.47. The standard InChI is InChI=1S/C19H20N2O5S2/c1-14(22)21-12-13-27-19(21,18(23)24)17(15-8-4-2-5-9-15)20-28(25,26)16-10-6-3-7-11-16/h2-11,17,20H,12-13H2,1H3,(H,23,24). The Morgan fingerprint density at radius 1 is 1.11 bits per heavy atom. The van der Waals surface area contributed by atoms with Gasteiger partial charge in [0.25, 0.3) is 0 Å². The minimum atomic E-state index is -4.03. The van der Waals surface area contributed by atoms with Crippen molar-refractivity contribution in [1.29, 1.82) is 0 Å². The molecule has 1 fully saturated rings. The highest BCUT2D eigenvalue weighted by atomic mass is 32.2. The first kappa shape index (κ1) is 20.4. The molecule has 3 rings (SSSR count). The smallest absolute Gasteiger partial charge is 0.342 e. The van der Waals surface area contributed by atoms with Gasteiger partial charge in [-0.3, -0.25) is 4.79 Å². The number of carboxylic acids is 1. The molecule has 1 saturated heterocycles. The molecule has 9 heteroatoms. The van der Waals surface area contributed by atoms with E-state index in [4.69, 9.17) is 0 Å². The van der Waals surface area contributed by atoms with Crippen LogP contribution in [0.1, 0.15) is 18.5 Å². The summed E-state index contributed by atoms with van der Waals surface area (Å²) in [6, 6.07) is 15.0. The second-order valence-electron chi connectivity index (χ2n) is 6.30. The van der Waals surface area contributed by atoms with E-state index in [1.54, 1.807) is 48.5 Å². The Labute approximate surface area is 167 Å². The molecule has 0 spiro atoms. The minimum Gasteiger partial charge on any atom is -0.479 e. The first-order valence-corrected chi connectivity index (χ1v) is 11.0. The topological polar surface area (TPSA) is 104 Å². The second kappa shape index (κ2) is 7.94. The van der Waals surface area contributed by atoms with E-state index in [1.807, 2.05) is 0 Å². The van der Waals surface area contributed by atoms with Gasteiger partial charge >= 0.3 is 5.97 Å². The molecule has 7 nitrogen and oxygen atoms in total. The van der Waals surface area contributed by atoms with E-state index >= 15 is 0 Å². The molecule has 2 aromatic carbocycles. The number of benzene rings is 2. The lowest BCUT2D eigenvalue weighted by molar-refractivity contribution is -0.152. The third kappa shape index (κ3) is 3.65. The second-order valence-corrected chi connectivity index (χ2v) is 9.33. The van der Waals surface area contributed by atoms with Crippen molar-refractivity contribution in [3.63, 3.8) is 0 Å². The maximum atomic E-state index is 13.0. The van der Waals surface area contributed by atoms with Crippen molar-refractivity contribution in [3.05, 3.63) is 66.2 Å². The Balaban J connectivity index is 2.15. The van der Waals surface area contributed by atoms with Crippen molar-refractivity contribution in [2.75, 3.05) is 12.3 Å². The summed E-state index contributed by atoms with van der Waals surface area (Å²) in [5.41, 5.74) is 0.463. The van der Waals surface area contributed by atoms with Gasteiger partial charge in [0.05, 0.1) is 10.9 Å². The van der Waals surface area contributed by atoms with E-state index in [9.17, 15) is 23.1 Å². The Morgan fingerprint density at radius 2 is 1.68 bits per heavy atom. The van der Waals surface area contributed by atoms with Crippen LogP contribution in [0.2, 0.25) is 0 Å². The van der Waals surface area contributed by atoms with Crippen LogP contribution in [-0.2, 0) is 19.6 Å². The summed E-state index contributed by atoms with van der Waals surface area (Å²) in [4.78, 5) is 24.1. The number of amides is 1. The van der Waals surface area contributed by atoms with Gasteiger partial charge in [-0.15, -0.1) is 11.8 Å². The molecule has 2 aromatic rings. The van der Waals surface area contributed by atoms with Gasteiger partial charge in [0.15, 0.2) is 0 Å². The maximum Gasteiger partial charge on any atom is 0.342 e. The summed E-state index contributed by atoms with van der Waals surface area (Å²) in [5.74, 6) is -1.30. The molecular formula is C19H20N2O5S2. The van der Waals surface area contributed by atoms with E-state index in [0.29, 0.717) is 11.3 Å². The lowest BCUT2D eigenvalue weighted by atomic mass is 9.98. The molecule has 1 heterocycles.